The van der Waals surface area contributed by atoms with Crippen LogP contribution in [0.5, 0.6) is 0 Å². The largest absolute Gasteiger partial charge is 0.417 e. The highest BCUT2D eigenvalue weighted by molar-refractivity contribution is 5.98. The standard InChI is InChI=1S/C24H19F3N8O/c1-14(22-30-7-2-8-31-22)34(12-17-5-4-16(10-32-17)24(25,26)27)23(36)15-3-6-18-19(9-15)35-13-29-11-20(35)21(28)33-18/h2-11,13-14H,12H2,1H3,(H2,28,33)/t14-/m1/s1. The van der Waals surface area contributed by atoms with Gasteiger partial charge in [0.2, 0.25) is 0 Å². The molecule has 0 fully saturated rings. The summed E-state index contributed by atoms with van der Waals surface area (Å²) < 4.78 is 40.7. The van der Waals surface area contributed by atoms with Crippen LogP contribution in [-0.2, 0) is 12.7 Å². The zero-order valence-electron chi connectivity index (χ0n) is 18.9. The third-order valence-electron chi connectivity index (χ3n) is 5.80. The second kappa shape index (κ2) is 8.87. The van der Waals surface area contributed by atoms with Crippen molar-refractivity contribution < 1.29 is 18.0 Å². The number of halogens is 3. The van der Waals surface area contributed by atoms with Gasteiger partial charge in [0.15, 0.2) is 0 Å². The molecule has 4 aromatic heterocycles. The summed E-state index contributed by atoms with van der Waals surface area (Å²) in [5.41, 5.74) is 7.55. The van der Waals surface area contributed by atoms with Crippen LogP contribution in [-0.4, -0.2) is 40.1 Å². The predicted octanol–water partition coefficient (Wildman–Crippen LogP) is 4.07. The molecule has 0 bridgehead atoms. The first-order valence-corrected chi connectivity index (χ1v) is 10.8. The van der Waals surface area contributed by atoms with Crippen LogP contribution in [0.3, 0.4) is 0 Å². The number of alkyl halides is 3. The van der Waals surface area contributed by atoms with E-state index in [2.05, 4.69) is 24.9 Å². The lowest BCUT2D eigenvalue weighted by Crippen LogP contribution is -2.34. The summed E-state index contributed by atoms with van der Waals surface area (Å²) in [4.78, 5) is 36.1. The number of carbonyl (C=O) groups excluding carboxylic acids is 1. The summed E-state index contributed by atoms with van der Waals surface area (Å²) in [6, 6.07) is 8.21. The number of fused-ring (bicyclic) bond motifs is 3. The maximum Gasteiger partial charge on any atom is 0.417 e. The van der Waals surface area contributed by atoms with E-state index in [9.17, 15) is 18.0 Å². The Bertz CT molecular complexity index is 1550. The van der Waals surface area contributed by atoms with Gasteiger partial charge >= 0.3 is 6.18 Å². The molecule has 0 unspecified atom stereocenters. The average Bonchev–Trinajstić information content (AvgIpc) is 3.38. The number of hydrogen-bond acceptors (Lipinski definition) is 7. The Hall–Kier alpha value is -4.61. The van der Waals surface area contributed by atoms with Crippen LogP contribution in [0.4, 0.5) is 19.0 Å². The third kappa shape index (κ3) is 4.28. The Kier molecular flexibility index (Phi) is 5.71. The quantitative estimate of drug-likeness (QED) is 0.393. The second-order valence-electron chi connectivity index (χ2n) is 8.10. The average molecular weight is 492 g/mol. The lowest BCUT2D eigenvalue weighted by atomic mass is 10.1. The van der Waals surface area contributed by atoms with E-state index in [0.717, 1.165) is 12.3 Å². The molecule has 0 saturated carbocycles. The molecule has 12 heteroatoms. The van der Waals surface area contributed by atoms with E-state index in [1.54, 1.807) is 60.5 Å². The number of benzene rings is 1. The minimum atomic E-state index is -4.51. The third-order valence-corrected chi connectivity index (χ3v) is 5.80. The van der Waals surface area contributed by atoms with Gasteiger partial charge in [0.05, 0.1) is 47.4 Å². The summed E-state index contributed by atoms with van der Waals surface area (Å²) in [5, 5.41) is 0. The van der Waals surface area contributed by atoms with Crippen LogP contribution in [0.2, 0.25) is 0 Å². The van der Waals surface area contributed by atoms with Gasteiger partial charge < -0.3 is 10.6 Å². The number of nitrogen functional groups attached to an aromatic ring is 1. The summed E-state index contributed by atoms with van der Waals surface area (Å²) in [6.07, 6.45) is 2.51. The van der Waals surface area contributed by atoms with Crippen molar-refractivity contribution in [3.63, 3.8) is 0 Å². The zero-order valence-corrected chi connectivity index (χ0v) is 18.9. The van der Waals surface area contributed by atoms with E-state index < -0.39 is 17.8 Å². The molecular formula is C24H19F3N8O. The molecule has 36 heavy (non-hydrogen) atoms. The van der Waals surface area contributed by atoms with Crippen LogP contribution in [0.15, 0.2) is 67.5 Å². The van der Waals surface area contributed by atoms with Gasteiger partial charge in [-0.1, -0.05) is 0 Å². The number of hydrogen-bond donors (Lipinski definition) is 1. The summed E-state index contributed by atoms with van der Waals surface area (Å²) in [7, 11) is 0. The molecule has 0 radical (unpaired) electrons. The van der Waals surface area contributed by atoms with Crippen molar-refractivity contribution in [2.75, 3.05) is 5.73 Å². The molecule has 5 aromatic rings. The highest BCUT2D eigenvalue weighted by Gasteiger charge is 2.31. The molecule has 0 spiro atoms. The molecular weight excluding hydrogens is 473 g/mol. The minimum Gasteiger partial charge on any atom is -0.382 e. The van der Waals surface area contributed by atoms with Crippen LogP contribution >= 0.6 is 0 Å². The molecule has 1 atom stereocenters. The molecule has 0 aliphatic rings. The van der Waals surface area contributed by atoms with Crippen molar-refractivity contribution in [2.24, 2.45) is 0 Å². The number of nitrogens with two attached hydrogens (primary N) is 1. The fourth-order valence-electron chi connectivity index (χ4n) is 3.88. The number of anilines is 1. The summed E-state index contributed by atoms with van der Waals surface area (Å²) in [6.45, 7) is 1.68. The normalized spacial score (nSPS) is 12.7. The van der Waals surface area contributed by atoms with Crippen molar-refractivity contribution in [1.29, 1.82) is 0 Å². The number of pyridine rings is 1. The van der Waals surface area contributed by atoms with Crippen LogP contribution < -0.4 is 5.73 Å². The fourth-order valence-corrected chi connectivity index (χ4v) is 3.88. The monoisotopic (exact) mass is 492 g/mol. The zero-order chi connectivity index (χ0) is 25.4. The van der Waals surface area contributed by atoms with Crippen molar-refractivity contribution in [3.05, 3.63) is 90.2 Å². The maximum atomic E-state index is 13.8. The topological polar surface area (TPSA) is 115 Å². The first kappa shape index (κ1) is 23.1. The smallest absolute Gasteiger partial charge is 0.382 e. The van der Waals surface area contributed by atoms with Gasteiger partial charge in [0.1, 0.15) is 17.2 Å². The summed E-state index contributed by atoms with van der Waals surface area (Å²) in [5.74, 6) is 0.303. The highest BCUT2D eigenvalue weighted by Crippen LogP contribution is 2.29. The first-order chi connectivity index (χ1) is 17.2. The lowest BCUT2D eigenvalue weighted by Gasteiger charge is -2.28. The number of rotatable bonds is 5. The molecule has 0 saturated heterocycles. The Morgan fingerprint density at radius 2 is 1.86 bits per heavy atom. The molecule has 182 valence electrons. The SMILES string of the molecule is C[C@H](c1ncccn1)N(Cc1ccc(C(F)(F)F)cn1)C(=O)c1ccc2nc(N)c3cncn3c2c1. The molecule has 0 aliphatic heterocycles. The number of aromatic nitrogens is 6. The molecule has 9 nitrogen and oxygen atoms in total. The highest BCUT2D eigenvalue weighted by atomic mass is 19.4. The van der Waals surface area contributed by atoms with E-state index in [4.69, 9.17) is 5.73 Å². The number of amides is 1. The van der Waals surface area contributed by atoms with E-state index in [-0.39, 0.29) is 18.1 Å². The van der Waals surface area contributed by atoms with Gasteiger partial charge in [-0.2, -0.15) is 13.2 Å². The molecule has 1 aromatic carbocycles. The Balaban J connectivity index is 1.55. The molecule has 0 aliphatic carbocycles. The van der Waals surface area contributed by atoms with E-state index in [1.165, 1.54) is 11.0 Å². The summed E-state index contributed by atoms with van der Waals surface area (Å²) >= 11 is 0. The van der Waals surface area contributed by atoms with Crippen molar-refractivity contribution >= 4 is 28.3 Å². The van der Waals surface area contributed by atoms with Crippen molar-refractivity contribution in [3.8, 4) is 0 Å². The fraction of sp³-hybridized carbons (Fsp3) is 0.167. The van der Waals surface area contributed by atoms with E-state index in [0.29, 0.717) is 33.8 Å². The van der Waals surface area contributed by atoms with Gasteiger partial charge in [0, 0.05) is 24.2 Å². The minimum absolute atomic E-state index is 0.0606. The van der Waals surface area contributed by atoms with Gasteiger partial charge in [-0.15, -0.1) is 0 Å². The van der Waals surface area contributed by atoms with Crippen LogP contribution in [0, 0.1) is 0 Å². The molecule has 2 N–H and O–H groups in total. The van der Waals surface area contributed by atoms with Crippen LogP contribution in [0.25, 0.3) is 16.6 Å². The van der Waals surface area contributed by atoms with Gasteiger partial charge in [-0.3, -0.25) is 14.2 Å². The van der Waals surface area contributed by atoms with Crippen molar-refractivity contribution in [1.82, 2.24) is 34.2 Å². The molecule has 1 amide bonds. The second-order valence-corrected chi connectivity index (χ2v) is 8.10. The number of carbonyl (C=O) groups is 1. The number of nitrogens with zero attached hydrogens (tertiary/aromatic N) is 7. The van der Waals surface area contributed by atoms with Gasteiger partial charge in [-0.25, -0.2) is 19.9 Å². The Labute approximate surface area is 202 Å². The predicted molar refractivity (Wildman–Crippen MR) is 124 cm³/mol. The Morgan fingerprint density at radius 1 is 1.08 bits per heavy atom. The van der Waals surface area contributed by atoms with E-state index in [1.807, 2.05) is 0 Å². The lowest BCUT2D eigenvalue weighted by molar-refractivity contribution is -0.137. The van der Waals surface area contributed by atoms with Crippen molar-refractivity contribution in [2.45, 2.75) is 25.7 Å². The number of imidazole rings is 1. The van der Waals surface area contributed by atoms with Gasteiger partial charge in [-0.05, 0) is 43.3 Å². The van der Waals surface area contributed by atoms with E-state index >= 15 is 0 Å². The van der Waals surface area contributed by atoms with Gasteiger partial charge in [0.25, 0.3) is 5.91 Å². The molecule has 5 rings (SSSR count). The Morgan fingerprint density at radius 3 is 2.56 bits per heavy atom. The van der Waals surface area contributed by atoms with Crippen LogP contribution in [0.1, 0.15) is 40.4 Å². The molecule has 4 heterocycles. The maximum absolute atomic E-state index is 13.8. The first-order valence-electron chi connectivity index (χ1n) is 10.8.